The Kier molecular flexibility index (Phi) is 7.19. The van der Waals surface area contributed by atoms with E-state index in [0.29, 0.717) is 36.1 Å². The zero-order chi connectivity index (χ0) is 23.2. The van der Waals surface area contributed by atoms with E-state index in [1.54, 1.807) is 28.4 Å². The first kappa shape index (κ1) is 22.7. The first-order valence-electron chi connectivity index (χ1n) is 11.0. The fourth-order valence-corrected chi connectivity index (χ4v) is 4.12. The van der Waals surface area contributed by atoms with Crippen molar-refractivity contribution in [1.82, 2.24) is 10.3 Å². The summed E-state index contributed by atoms with van der Waals surface area (Å²) in [6, 6.07) is 16.3. The number of aromatic nitrogens is 1. The quantitative estimate of drug-likeness (QED) is 0.530. The predicted molar refractivity (Wildman–Crippen MR) is 129 cm³/mol. The highest BCUT2D eigenvalue weighted by Crippen LogP contribution is 2.31. The van der Waals surface area contributed by atoms with Crippen molar-refractivity contribution in [2.45, 2.75) is 26.1 Å². The van der Waals surface area contributed by atoms with E-state index in [9.17, 15) is 0 Å². The summed E-state index contributed by atoms with van der Waals surface area (Å²) >= 11 is 0. The molecule has 3 aromatic rings. The molecule has 1 N–H and O–H groups in total. The van der Waals surface area contributed by atoms with Gasteiger partial charge in [0.1, 0.15) is 5.82 Å². The minimum Gasteiger partial charge on any atom is -0.493 e. The molecule has 0 saturated carbocycles. The Balaban J connectivity index is 1.68. The van der Waals surface area contributed by atoms with E-state index in [0.717, 1.165) is 42.1 Å². The summed E-state index contributed by atoms with van der Waals surface area (Å²) in [6.07, 6.45) is 1.01. The topological polar surface area (TPSA) is 65.1 Å². The Bertz CT molecular complexity index is 1050. The maximum absolute atomic E-state index is 5.51. The summed E-state index contributed by atoms with van der Waals surface area (Å²) in [5, 5.41) is 3.42. The van der Waals surface area contributed by atoms with Crippen molar-refractivity contribution in [3.05, 3.63) is 70.9 Å². The molecular formula is C26H31N3O4. The van der Waals surface area contributed by atoms with Gasteiger partial charge in [-0.05, 0) is 60.0 Å². The van der Waals surface area contributed by atoms with Gasteiger partial charge in [-0.3, -0.25) is 0 Å². The van der Waals surface area contributed by atoms with Gasteiger partial charge in [-0.25, -0.2) is 4.98 Å². The van der Waals surface area contributed by atoms with Crippen molar-refractivity contribution in [2.75, 3.05) is 39.9 Å². The lowest BCUT2D eigenvalue weighted by molar-refractivity contribution is 0.354. The van der Waals surface area contributed by atoms with Crippen LogP contribution in [-0.2, 0) is 26.1 Å². The van der Waals surface area contributed by atoms with Crippen LogP contribution in [0, 0.1) is 0 Å². The van der Waals surface area contributed by atoms with Gasteiger partial charge < -0.3 is 29.2 Å². The smallest absolute Gasteiger partial charge is 0.161 e. The van der Waals surface area contributed by atoms with Crippen LogP contribution >= 0.6 is 0 Å². The zero-order valence-corrected chi connectivity index (χ0v) is 19.7. The molecule has 2 aromatic carbocycles. The van der Waals surface area contributed by atoms with Crippen LogP contribution in [-0.4, -0.2) is 40.0 Å². The number of nitrogens with zero attached hydrogens (tertiary/aromatic N) is 2. The molecule has 1 aliphatic rings. The fraction of sp³-hybridized carbons (Fsp3) is 0.346. The Hall–Kier alpha value is -3.45. The molecule has 1 aliphatic heterocycles. The van der Waals surface area contributed by atoms with E-state index in [-0.39, 0.29) is 0 Å². The number of hydrogen-bond acceptors (Lipinski definition) is 7. The molecule has 2 heterocycles. The summed E-state index contributed by atoms with van der Waals surface area (Å²) < 4.78 is 21.8. The molecule has 0 atom stereocenters. The fourth-order valence-electron chi connectivity index (χ4n) is 4.12. The van der Waals surface area contributed by atoms with Crippen LogP contribution in [0.3, 0.4) is 0 Å². The number of nitrogens with one attached hydrogen (secondary N) is 1. The predicted octanol–water partition coefficient (Wildman–Crippen LogP) is 3.97. The third-order valence-electron chi connectivity index (χ3n) is 5.88. The Morgan fingerprint density at radius 1 is 0.758 bits per heavy atom. The van der Waals surface area contributed by atoms with Crippen molar-refractivity contribution in [3.63, 3.8) is 0 Å². The molecule has 0 unspecified atom stereocenters. The second kappa shape index (κ2) is 10.4. The number of ether oxygens (including phenoxy) is 4. The van der Waals surface area contributed by atoms with Gasteiger partial charge in [0.2, 0.25) is 0 Å². The molecule has 1 aromatic heterocycles. The maximum Gasteiger partial charge on any atom is 0.161 e. The first-order chi connectivity index (χ1) is 16.1. The average Bonchev–Trinajstić information content (AvgIpc) is 2.87. The average molecular weight is 450 g/mol. The van der Waals surface area contributed by atoms with Gasteiger partial charge >= 0.3 is 0 Å². The summed E-state index contributed by atoms with van der Waals surface area (Å²) in [5.74, 6) is 3.78. The van der Waals surface area contributed by atoms with Crippen LogP contribution in [0.4, 0.5) is 5.82 Å². The van der Waals surface area contributed by atoms with E-state index >= 15 is 0 Å². The lowest BCUT2D eigenvalue weighted by Gasteiger charge is -2.27. The highest BCUT2D eigenvalue weighted by atomic mass is 16.5. The standard InChI is InChI=1S/C26H31N3O4/c1-30-22-8-5-18(13-24(22)32-3)16-29(17-19-6-9-23(31-2)25(14-19)33-4)26-10-7-20-11-12-27-15-21(20)28-26/h5-10,13-14,27H,11-12,15-17H2,1-4H3. The summed E-state index contributed by atoms with van der Waals surface area (Å²) in [6.45, 7) is 3.11. The highest BCUT2D eigenvalue weighted by Gasteiger charge is 2.17. The van der Waals surface area contributed by atoms with Crippen molar-refractivity contribution in [3.8, 4) is 23.0 Å². The number of pyridine rings is 1. The van der Waals surface area contributed by atoms with Gasteiger partial charge in [-0.2, -0.15) is 0 Å². The minimum atomic E-state index is 0.661. The van der Waals surface area contributed by atoms with Crippen LogP contribution in [0.1, 0.15) is 22.4 Å². The Morgan fingerprint density at radius 3 is 1.88 bits per heavy atom. The van der Waals surface area contributed by atoms with Crippen LogP contribution in [0.2, 0.25) is 0 Å². The largest absolute Gasteiger partial charge is 0.493 e. The normalized spacial score (nSPS) is 12.6. The van der Waals surface area contributed by atoms with Gasteiger partial charge in [-0.1, -0.05) is 18.2 Å². The molecule has 4 rings (SSSR count). The third kappa shape index (κ3) is 5.14. The number of fused-ring (bicyclic) bond motifs is 1. The van der Waals surface area contributed by atoms with Crippen molar-refractivity contribution < 1.29 is 18.9 Å². The monoisotopic (exact) mass is 449 g/mol. The molecule has 0 bridgehead atoms. The van der Waals surface area contributed by atoms with Crippen molar-refractivity contribution in [1.29, 1.82) is 0 Å². The number of rotatable bonds is 9. The highest BCUT2D eigenvalue weighted by molar-refractivity contribution is 5.49. The van der Waals surface area contributed by atoms with Crippen LogP contribution < -0.4 is 29.2 Å². The minimum absolute atomic E-state index is 0.661. The SMILES string of the molecule is COc1ccc(CN(Cc2ccc(OC)c(OC)c2)c2ccc3c(n2)CNCC3)cc1OC. The molecule has 0 saturated heterocycles. The molecular weight excluding hydrogens is 418 g/mol. The number of anilines is 1. The summed E-state index contributed by atoms with van der Waals surface area (Å²) in [4.78, 5) is 7.27. The summed E-state index contributed by atoms with van der Waals surface area (Å²) in [5.41, 5.74) is 4.63. The molecule has 0 fully saturated rings. The van der Waals surface area contributed by atoms with Crippen LogP contribution in [0.15, 0.2) is 48.5 Å². The molecule has 0 amide bonds. The summed E-state index contributed by atoms with van der Waals surface area (Å²) in [7, 11) is 6.60. The first-order valence-corrected chi connectivity index (χ1v) is 11.0. The molecule has 7 nitrogen and oxygen atoms in total. The van der Waals surface area contributed by atoms with E-state index < -0.39 is 0 Å². The van der Waals surface area contributed by atoms with Crippen LogP contribution in [0.5, 0.6) is 23.0 Å². The molecule has 0 aliphatic carbocycles. The van der Waals surface area contributed by atoms with Gasteiger partial charge in [0.05, 0.1) is 34.1 Å². The van der Waals surface area contributed by atoms with E-state index in [1.165, 1.54) is 5.56 Å². The lowest BCUT2D eigenvalue weighted by atomic mass is 10.1. The van der Waals surface area contributed by atoms with Crippen LogP contribution in [0.25, 0.3) is 0 Å². The van der Waals surface area contributed by atoms with Crippen molar-refractivity contribution >= 4 is 5.82 Å². The number of methoxy groups -OCH3 is 4. The van der Waals surface area contributed by atoms with E-state index in [4.69, 9.17) is 23.9 Å². The molecule has 0 spiro atoms. The lowest BCUT2D eigenvalue weighted by Crippen LogP contribution is -2.27. The second-order valence-corrected chi connectivity index (χ2v) is 7.94. The number of benzene rings is 2. The van der Waals surface area contributed by atoms with Crippen molar-refractivity contribution in [2.24, 2.45) is 0 Å². The van der Waals surface area contributed by atoms with Gasteiger partial charge in [0.25, 0.3) is 0 Å². The van der Waals surface area contributed by atoms with E-state index in [1.807, 2.05) is 24.3 Å². The maximum atomic E-state index is 5.51. The zero-order valence-electron chi connectivity index (χ0n) is 19.7. The van der Waals surface area contributed by atoms with Gasteiger partial charge in [0, 0.05) is 19.6 Å². The molecule has 7 heteroatoms. The number of hydrogen-bond donors (Lipinski definition) is 1. The molecule has 33 heavy (non-hydrogen) atoms. The second-order valence-electron chi connectivity index (χ2n) is 7.94. The van der Waals surface area contributed by atoms with Gasteiger partial charge in [0.15, 0.2) is 23.0 Å². The molecule has 0 radical (unpaired) electrons. The Labute approximate surface area is 195 Å². The van der Waals surface area contributed by atoms with E-state index in [2.05, 4.69) is 34.5 Å². The van der Waals surface area contributed by atoms with Gasteiger partial charge in [-0.15, -0.1) is 0 Å². The molecule has 174 valence electrons. The Morgan fingerprint density at radius 2 is 1.33 bits per heavy atom. The third-order valence-corrected chi connectivity index (χ3v) is 5.88.